The predicted octanol–water partition coefficient (Wildman–Crippen LogP) is 1.83. The molecular formula is C15H22N2O3S. The maximum absolute atomic E-state index is 12.3. The van der Waals surface area contributed by atoms with Crippen molar-refractivity contribution in [3.05, 3.63) is 29.8 Å². The Kier molecular flexibility index (Phi) is 4.68. The molecule has 1 aromatic carbocycles. The first-order chi connectivity index (χ1) is 9.78. The van der Waals surface area contributed by atoms with E-state index >= 15 is 0 Å². The van der Waals surface area contributed by atoms with Crippen LogP contribution in [0.15, 0.2) is 24.3 Å². The summed E-state index contributed by atoms with van der Waals surface area (Å²) in [6.07, 6.45) is 5.64. The van der Waals surface area contributed by atoms with E-state index in [0.717, 1.165) is 19.3 Å². The van der Waals surface area contributed by atoms with Crippen LogP contribution in [-0.4, -0.2) is 26.1 Å². The minimum Gasteiger partial charge on any atom is -0.324 e. The molecule has 0 atom stereocenters. The van der Waals surface area contributed by atoms with E-state index in [0.29, 0.717) is 24.1 Å². The summed E-state index contributed by atoms with van der Waals surface area (Å²) < 4.78 is 22.7. The summed E-state index contributed by atoms with van der Waals surface area (Å²) in [5.41, 5.74) is 6.63. The Morgan fingerprint density at radius 1 is 1.29 bits per heavy atom. The lowest BCUT2D eigenvalue weighted by Crippen LogP contribution is -2.52. The summed E-state index contributed by atoms with van der Waals surface area (Å²) in [5.74, 6) is -0.219. The molecule has 0 aromatic heterocycles. The molecular weight excluding hydrogens is 288 g/mol. The fourth-order valence-corrected chi connectivity index (χ4v) is 3.49. The Bertz CT molecular complexity index is 620. The number of nitrogens with one attached hydrogen (secondary N) is 1. The fraction of sp³-hybridized carbons (Fsp3) is 0.533. The van der Waals surface area contributed by atoms with E-state index in [9.17, 15) is 13.2 Å². The summed E-state index contributed by atoms with van der Waals surface area (Å²) in [6.45, 7) is 0. The third-order valence-electron chi connectivity index (χ3n) is 3.81. The molecule has 0 aliphatic heterocycles. The first-order valence-corrected chi connectivity index (χ1v) is 9.22. The number of hydrogen-bond donors (Lipinski definition) is 2. The van der Waals surface area contributed by atoms with Gasteiger partial charge in [0.05, 0.1) is 11.3 Å². The lowest BCUT2D eigenvalue weighted by atomic mass is 9.82. The maximum atomic E-state index is 12.3. The molecule has 1 aliphatic carbocycles. The first-order valence-electron chi connectivity index (χ1n) is 7.16. The van der Waals surface area contributed by atoms with E-state index in [1.54, 1.807) is 24.3 Å². The average molecular weight is 310 g/mol. The number of sulfone groups is 1. The smallest absolute Gasteiger partial charge is 0.244 e. The van der Waals surface area contributed by atoms with E-state index in [4.69, 9.17) is 5.73 Å². The number of carbonyl (C=O) groups is 1. The van der Waals surface area contributed by atoms with Gasteiger partial charge in [-0.25, -0.2) is 8.42 Å². The highest BCUT2D eigenvalue weighted by molar-refractivity contribution is 7.89. The Morgan fingerprint density at radius 3 is 2.57 bits per heavy atom. The number of nitrogens with two attached hydrogens (primary N) is 1. The second kappa shape index (κ2) is 6.15. The van der Waals surface area contributed by atoms with Crippen molar-refractivity contribution in [3.63, 3.8) is 0 Å². The van der Waals surface area contributed by atoms with Crippen molar-refractivity contribution in [2.24, 2.45) is 5.73 Å². The topological polar surface area (TPSA) is 89.3 Å². The molecule has 0 saturated heterocycles. The van der Waals surface area contributed by atoms with E-state index in [1.165, 1.54) is 6.26 Å². The van der Waals surface area contributed by atoms with Gasteiger partial charge in [-0.3, -0.25) is 4.79 Å². The summed E-state index contributed by atoms with van der Waals surface area (Å²) in [6, 6.07) is 6.90. The van der Waals surface area contributed by atoms with Gasteiger partial charge in [0.1, 0.15) is 0 Å². The highest BCUT2D eigenvalue weighted by Gasteiger charge is 2.35. The summed E-state index contributed by atoms with van der Waals surface area (Å²) in [7, 11) is -3.09. The van der Waals surface area contributed by atoms with E-state index < -0.39 is 15.4 Å². The number of anilines is 1. The minimum absolute atomic E-state index is 0.0372. The number of amides is 1. The van der Waals surface area contributed by atoms with E-state index in [-0.39, 0.29) is 11.7 Å². The predicted molar refractivity (Wildman–Crippen MR) is 83.6 cm³/mol. The van der Waals surface area contributed by atoms with E-state index in [2.05, 4.69) is 5.32 Å². The normalized spacial score (nSPS) is 18.2. The van der Waals surface area contributed by atoms with Gasteiger partial charge in [0.2, 0.25) is 5.91 Å². The zero-order valence-corrected chi connectivity index (χ0v) is 13.1. The molecule has 0 unspecified atom stereocenters. The van der Waals surface area contributed by atoms with Crippen LogP contribution in [0.1, 0.15) is 37.7 Å². The highest BCUT2D eigenvalue weighted by atomic mass is 32.2. The molecule has 1 aliphatic rings. The third-order valence-corrected chi connectivity index (χ3v) is 4.67. The number of carbonyl (C=O) groups excluding carboxylic acids is 1. The Labute approximate surface area is 125 Å². The van der Waals surface area contributed by atoms with Crippen molar-refractivity contribution in [2.75, 3.05) is 11.6 Å². The molecule has 5 nitrogen and oxygen atoms in total. The molecule has 0 bridgehead atoms. The molecule has 0 heterocycles. The Hall–Kier alpha value is -1.40. The average Bonchev–Trinajstić information content (AvgIpc) is 2.38. The van der Waals surface area contributed by atoms with Crippen molar-refractivity contribution in [1.29, 1.82) is 0 Å². The van der Waals surface area contributed by atoms with Gasteiger partial charge in [0, 0.05) is 11.9 Å². The Balaban J connectivity index is 2.09. The van der Waals surface area contributed by atoms with Crippen molar-refractivity contribution in [1.82, 2.24) is 0 Å². The summed E-state index contributed by atoms with van der Waals surface area (Å²) in [4.78, 5) is 12.3. The second-order valence-electron chi connectivity index (χ2n) is 5.94. The van der Waals surface area contributed by atoms with Crippen LogP contribution in [0, 0.1) is 0 Å². The zero-order chi connectivity index (χ0) is 15.5. The summed E-state index contributed by atoms with van der Waals surface area (Å²) in [5, 5.41) is 2.82. The fourth-order valence-electron chi connectivity index (χ4n) is 2.71. The molecule has 1 aromatic rings. The van der Waals surface area contributed by atoms with Gasteiger partial charge >= 0.3 is 0 Å². The van der Waals surface area contributed by atoms with Gasteiger partial charge in [0.25, 0.3) is 0 Å². The quantitative estimate of drug-likeness (QED) is 0.888. The highest BCUT2D eigenvalue weighted by Crippen LogP contribution is 2.27. The van der Waals surface area contributed by atoms with Crippen LogP contribution >= 0.6 is 0 Å². The van der Waals surface area contributed by atoms with Crippen molar-refractivity contribution in [3.8, 4) is 0 Å². The number of hydrogen-bond acceptors (Lipinski definition) is 4. The Morgan fingerprint density at radius 2 is 1.95 bits per heavy atom. The van der Waals surface area contributed by atoms with Crippen LogP contribution < -0.4 is 11.1 Å². The third kappa shape index (κ3) is 4.54. The molecule has 1 saturated carbocycles. The molecule has 6 heteroatoms. The SMILES string of the molecule is CS(=O)(=O)Cc1cccc(NC(=O)C2(N)CCCCC2)c1. The zero-order valence-electron chi connectivity index (χ0n) is 12.3. The lowest BCUT2D eigenvalue weighted by Gasteiger charge is -2.31. The van der Waals surface area contributed by atoms with Crippen LogP contribution in [0.2, 0.25) is 0 Å². The van der Waals surface area contributed by atoms with Crippen LogP contribution in [-0.2, 0) is 20.4 Å². The molecule has 21 heavy (non-hydrogen) atoms. The largest absolute Gasteiger partial charge is 0.324 e. The van der Waals surface area contributed by atoms with Crippen LogP contribution in [0.3, 0.4) is 0 Å². The van der Waals surface area contributed by atoms with E-state index in [1.807, 2.05) is 0 Å². The van der Waals surface area contributed by atoms with Crippen molar-refractivity contribution < 1.29 is 13.2 Å². The van der Waals surface area contributed by atoms with Gasteiger partial charge < -0.3 is 11.1 Å². The lowest BCUT2D eigenvalue weighted by molar-refractivity contribution is -0.122. The maximum Gasteiger partial charge on any atom is 0.244 e. The molecule has 0 spiro atoms. The molecule has 2 rings (SSSR count). The van der Waals surface area contributed by atoms with Crippen molar-refractivity contribution in [2.45, 2.75) is 43.4 Å². The second-order valence-corrected chi connectivity index (χ2v) is 8.08. The van der Waals surface area contributed by atoms with Gasteiger partial charge in [0.15, 0.2) is 9.84 Å². The molecule has 1 amide bonds. The summed E-state index contributed by atoms with van der Waals surface area (Å²) >= 11 is 0. The van der Waals surface area contributed by atoms with Crippen LogP contribution in [0.5, 0.6) is 0 Å². The molecule has 1 fully saturated rings. The molecule has 0 radical (unpaired) electrons. The molecule has 116 valence electrons. The van der Waals surface area contributed by atoms with Crippen molar-refractivity contribution >= 4 is 21.4 Å². The molecule has 3 N–H and O–H groups in total. The number of benzene rings is 1. The van der Waals surface area contributed by atoms with Gasteiger partial charge in [-0.2, -0.15) is 0 Å². The van der Waals surface area contributed by atoms with Gasteiger partial charge in [-0.05, 0) is 30.5 Å². The van der Waals surface area contributed by atoms with Gasteiger partial charge in [-0.1, -0.05) is 31.4 Å². The standard InChI is InChI=1S/C15H22N2O3S/c1-21(19,20)11-12-6-5-7-13(10-12)17-14(18)15(16)8-3-2-4-9-15/h5-7,10H,2-4,8-9,11,16H2,1H3,(H,17,18). The van der Waals surface area contributed by atoms with Crippen LogP contribution in [0.25, 0.3) is 0 Å². The first kappa shape index (κ1) is 16.0. The van der Waals surface area contributed by atoms with Gasteiger partial charge in [-0.15, -0.1) is 0 Å². The monoisotopic (exact) mass is 310 g/mol. The van der Waals surface area contributed by atoms with Crippen LogP contribution in [0.4, 0.5) is 5.69 Å². The minimum atomic E-state index is -3.09. The number of rotatable bonds is 4.